The van der Waals surface area contributed by atoms with Crippen molar-refractivity contribution in [1.82, 2.24) is 5.32 Å². The van der Waals surface area contributed by atoms with E-state index in [2.05, 4.69) is 5.32 Å². The van der Waals surface area contributed by atoms with Crippen LogP contribution in [-0.2, 0) is 11.3 Å². The van der Waals surface area contributed by atoms with Crippen LogP contribution in [0.2, 0.25) is 5.02 Å². The molecule has 1 heterocycles. The van der Waals surface area contributed by atoms with E-state index in [1.54, 1.807) is 30.3 Å². The molecule has 1 N–H and O–H groups in total. The molecule has 3 rings (SSSR count). The Morgan fingerprint density at radius 2 is 1.88 bits per heavy atom. The number of halogens is 1. The molecule has 0 spiro atoms. The van der Waals surface area contributed by atoms with Gasteiger partial charge in [-0.15, -0.1) is 0 Å². The Bertz CT molecular complexity index is 854. The summed E-state index contributed by atoms with van der Waals surface area (Å²) in [6.07, 6.45) is 1.52. The minimum Gasteiger partial charge on any atom is -0.486 e. The van der Waals surface area contributed by atoms with Gasteiger partial charge in [0, 0.05) is 11.6 Å². The number of rotatable bonds is 4. The van der Waals surface area contributed by atoms with E-state index in [9.17, 15) is 10.1 Å². The lowest BCUT2D eigenvalue weighted by Gasteiger charge is -2.18. The minimum absolute atomic E-state index is 0.0191. The van der Waals surface area contributed by atoms with Crippen molar-refractivity contribution in [3.05, 3.63) is 64.2 Å². The highest BCUT2D eigenvalue weighted by molar-refractivity contribution is 6.30. The number of benzene rings is 2. The van der Waals surface area contributed by atoms with Gasteiger partial charge in [-0.3, -0.25) is 4.79 Å². The molecule has 2 aromatic rings. The van der Waals surface area contributed by atoms with Gasteiger partial charge in [-0.1, -0.05) is 29.8 Å². The van der Waals surface area contributed by atoms with Crippen LogP contribution in [0.5, 0.6) is 11.5 Å². The topological polar surface area (TPSA) is 71.3 Å². The first-order chi connectivity index (χ1) is 12.2. The van der Waals surface area contributed by atoms with E-state index in [1.807, 2.05) is 18.2 Å². The quantitative estimate of drug-likeness (QED) is 0.675. The van der Waals surface area contributed by atoms with Crippen LogP contribution in [0, 0.1) is 11.3 Å². The third-order valence-corrected chi connectivity index (χ3v) is 3.86. The van der Waals surface area contributed by atoms with Gasteiger partial charge in [-0.05, 0) is 41.5 Å². The number of nitrogens with one attached hydrogen (secondary N) is 1. The summed E-state index contributed by atoms with van der Waals surface area (Å²) in [5, 5.41) is 12.6. The molecular formula is C19H15ClN2O3. The van der Waals surface area contributed by atoms with Crippen molar-refractivity contribution in [2.45, 2.75) is 6.54 Å². The Morgan fingerprint density at radius 3 is 2.60 bits per heavy atom. The molecular weight excluding hydrogens is 340 g/mol. The molecule has 0 aromatic heterocycles. The van der Waals surface area contributed by atoms with Gasteiger partial charge in [0.15, 0.2) is 11.5 Å². The molecule has 0 radical (unpaired) electrons. The largest absolute Gasteiger partial charge is 0.486 e. The van der Waals surface area contributed by atoms with Crippen molar-refractivity contribution in [1.29, 1.82) is 5.26 Å². The fraction of sp³-hybridized carbons (Fsp3) is 0.158. The van der Waals surface area contributed by atoms with Crippen LogP contribution >= 0.6 is 11.6 Å². The highest BCUT2D eigenvalue weighted by atomic mass is 35.5. The third-order valence-electron chi connectivity index (χ3n) is 3.61. The van der Waals surface area contributed by atoms with Crippen LogP contribution in [0.15, 0.2) is 48.0 Å². The van der Waals surface area contributed by atoms with E-state index in [4.69, 9.17) is 21.1 Å². The second kappa shape index (κ2) is 7.73. The summed E-state index contributed by atoms with van der Waals surface area (Å²) in [6, 6.07) is 14.4. The summed E-state index contributed by atoms with van der Waals surface area (Å²) in [6.45, 7) is 1.31. The monoisotopic (exact) mass is 354 g/mol. The summed E-state index contributed by atoms with van der Waals surface area (Å²) < 4.78 is 11.0. The first kappa shape index (κ1) is 16.9. The van der Waals surface area contributed by atoms with Crippen molar-refractivity contribution in [2.75, 3.05) is 13.2 Å². The molecule has 0 bridgehead atoms. The maximum atomic E-state index is 12.2. The van der Waals surface area contributed by atoms with Gasteiger partial charge in [0.25, 0.3) is 5.91 Å². The number of hydrogen-bond acceptors (Lipinski definition) is 4. The first-order valence-electron chi connectivity index (χ1n) is 7.70. The van der Waals surface area contributed by atoms with Gasteiger partial charge in [-0.25, -0.2) is 0 Å². The predicted octanol–water partition coefficient (Wildman–Crippen LogP) is 3.33. The lowest BCUT2D eigenvalue weighted by Crippen LogP contribution is -2.23. The van der Waals surface area contributed by atoms with Crippen LogP contribution in [0.4, 0.5) is 0 Å². The Balaban J connectivity index is 1.70. The second-order valence-electron chi connectivity index (χ2n) is 5.38. The van der Waals surface area contributed by atoms with Gasteiger partial charge < -0.3 is 14.8 Å². The number of carbonyl (C=O) groups is 1. The molecule has 2 aromatic carbocycles. The molecule has 0 saturated heterocycles. The summed E-state index contributed by atoms with van der Waals surface area (Å²) >= 11 is 5.83. The average Bonchev–Trinajstić information content (AvgIpc) is 2.65. The zero-order valence-corrected chi connectivity index (χ0v) is 14.0. The van der Waals surface area contributed by atoms with Crippen molar-refractivity contribution < 1.29 is 14.3 Å². The zero-order valence-electron chi connectivity index (χ0n) is 13.3. The molecule has 1 amide bonds. The molecule has 6 heteroatoms. The summed E-state index contributed by atoms with van der Waals surface area (Å²) in [4.78, 5) is 12.2. The van der Waals surface area contributed by atoms with Crippen LogP contribution in [-0.4, -0.2) is 19.1 Å². The summed E-state index contributed by atoms with van der Waals surface area (Å²) in [5.74, 6) is 0.834. The van der Waals surface area contributed by atoms with E-state index in [-0.39, 0.29) is 5.57 Å². The maximum absolute atomic E-state index is 12.2. The third kappa shape index (κ3) is 4.31. The lowest BCUT2D eigenvalue weighted by atomic mass is 10.1. The standard InChI is InChI=1S/C19H15ClN2O3/c20-16-4-1-13(2-5-16)12-22-19(23)15(11-21)9-14-3-6-17-18(10-14)25-8-7-24-17/h1-6,9-10H,7-8,12H2,(H,22,23)/b15-9+. The van der Waals surface area contributed by atoms with Gasteiger partial charge >= 0.3 is 0 Å². The molecule has 0 unspecified atom stereocenters. The normalized spacial score (nSPS) is 13.0. The number of hydrogen-bond donors (Lipinski definition) is 1. The SMILES string of the molecule is N#C/C(=C\c1ccc2c(c1)OCCO2)C(=O)NCc1ccc(Cl)cc1. The van der Waals surface area contributed by atoms with Gasteiger partial charge in [-0.2, -0.15) is 5.26 Å². The second-order valence-corrected chi connectivity index (χ2v) is 5.82. The Kier molecular flexibility index (Phi) is 5.22. The fourth-order valence-corrected chi connectivity index (χ4v) is 2.47. The van der Waals surface area contributed by atoms with Gasteiger partial charge in [0.05, 0.1) is 0 Å². The number of nitrogens with zero attached hydrogens (tertiary/aromatic N) is 1. The molecule has 1 aliphatic heterocycles. The van der Waals surface area contributed by atoms with E-state index >= 15 is 0 Å². The lowest BCUT2D eigenvalue weighted by molar-refractivity contribution is -0.117. The van der Waals surface area contributed by atoms with Crippen LogP contribution < -0.4 is 14.8 Å². The van der Waals surface area contributed by atoms with Crippen molar-refractivity contribution in [2.24, 2.45) is 0 Å². The van der Waals surface area contributed by atoms with E-state index < -0.39 is 5.91 Å². The van der Waals surface area contributed by atoms with Crippen molar-refractivity contribution in [3.63, 3.8) is 0 Å². The minimum atomic E-state index is -0.438. The van der Waals surface area contributed by atoms with Crippen molar-refractivity contribution in [3.8, 4) is 17.6 Å². The van der Waals surface area contributed by atoms with Gasteiger partial charge in [0.2, 0.25) is 0 Å². The molecule has 1 aliphatic rings. The van der Waals surface area contributed by atoms with Crippen LogP contribution in [0.3, 0.4) is 0 Å². The van der Waals surface area contributed by atoms with E-state index in [1.165, 1.54) is 6.08 Å². The molecule has 0 aliphatic carbocycles. The average molecular weight is 355 g/mol. The van der Waals surface area contributed by atoms with Gasteiger partial charge in [0.1, 0.15) is 24.9 Å². The number of carbonyl (C=O) groups excluding carboxylic acids is 1. The predicted molar refractivity (Wildman–Crippen MR) is 94.3 cm³/mol. The van der Waals surface area contributed by atoms with Crippen LogP contribution in [0.1, 0.15) is 11.1 Å². The summed E-state index contributed by atoms with van der Waals surface area (Å²) in [5.41, 5.74) is 1.61. The molecule has 126 valence electrons. The Hall–Kier alpha value is -2.97. The van der Waals surface area contributed by atoms with Crippen molar-refractivity contribution >= 4 is 23.6 Å². The molecule has 0 atom stereocenters. The smallest absolute Gasteiger partial charge is 0.262 e. The number of nitriles is 1. The molecule has 5 nitrogen and oxygen atoms in total. The number of amides is 1. The highest BCUT2D eigenvalue weighted by Crippen LogP contribution is 2.31. The first-order valence-corrected chi connectivity index (χ1v) is 8.07. The maximum Gasteiger partial charge on any atom is 0.262 e. The Morgan fingerprint density at radius 1 is 1.16 bits per heavy atom. The van der Waals surface area contributed by atoms with E-state index in [0.717, 1.165) is 5.56 Å². The molecule has 25 heavy (non-hydrogen) atoms. The van der Waals surface area contributed by atoms with E-state index in [0.29, 0.717) is 41.8 Å². The summed E-state index contributed by atoms with van der Waals surface area (Å²) in [7, 11) is 0. The highest BCUT2D eigenvalue weighted by Gasteiger charge is 2.13. The molecule has 0 saturated carbocycles. The fourth-order valence-electron chi connectivity index (χ4n) is 2.34. The molecule has 0 fully saturated rings. The number of ether oxygens (including phenoxy) is 2. The van der Waals surface area contributed by atoms with Crippen LogP contribution in [0.25, 0.3) is 6.08 Å². The zero-order chi connectivity index (χ0) is 17.6. The number of fused-ring (bicyclic) bond motifs is 1. The Labute approximate surface area is 150 Å².